The molecule has 0 radical (unpaired) electrons. The molecule has 104 valence electrons. The van der Waals surface area contributed by atoms with Crippen LogP contribution in [0.5, 0.6) is 0 Å². The molecule has 0 aliphatic heterocycles. The van der Waals surface area contributed by atoms with E-state index in [0.717, 1.165) is 0 Å². The molecule has 3 N–H and O–H groups in total. The van der Waals surface area contributed by atoms with Crippen LogP contribution in [-0.4, -0.2) is 24.3 Å². The number of nitrogens with two attached hydrogens (primary N) is 1. The first-order valence-corrected chi connectivity index (χ1v) is 7.20. The lowest BCUT2D eigenvalue weighted by atomic mass is 10.3. The van der Waals surface area contributed by atoms with Crippen molar-refractivity contribution < 1.29 is 13.2 Å². The molecule has 0 spiro atoms. The van der Waals surface area contributed by atoms with E-state index in [0.29, 0.717) is 5.69 Å². The molecule has 9 heteroatoms. The minimum Gasteiger partial charge on any atom is -0.321 e. The molecule has 2 rings (SSSR count). The fourth-order valence-electron chi connectivity index (χ4n) is 1.35. The van der Waals surface area contributed by atoms with Crippen LogP contribution in [0, 0.1) is 0 Å². The number of rotatable bonds is 3. The highest BCUT2D eigenvalue weighted by Crippen LogP contribution is 2.13. The molecule has 2 aromatic rings. The van der Waals surface area contributed by atoms with E-state index in [2.05, 4.69) is 15.3 Å². The topological polar surface area (TPSA) is 115 Å². The van der Waals surface area contributed by atoms with E-state index in [-0.39, 0.29) is 15.7 Å². The van der Waals surface area contributed by atoms with Crippen LogP contribution in [0.2, 0.25) is 5.15 Å². The molecule has 0 saturated carbocycles. The molecule has 7 nitrogen and oxygen atoms in total. The van der Waals surface area contributed by atoms with Gasteiger partial charge in [-0.3, -0.25) is 4.79 Å². The molecule has 0 unspecified atom stereocenters. The predicted octanol–water partition coefficient (Wildman–Crippen LogP) is 1.03. The standard InChI is InChI=1S/C11H9ClN4O3S/c12-10-6-14-9(5-15-10)11(17)16-7-1-3-8(4-2-7)20(13,18)19/h1-6H,(H,16,17)(H2,13,18,19). The lowest BCUT2D eigenvalue weighted by molar-refractivity contribution is 0.102. The fraction of sp³-hybridized carbons (Fsp3) is 0. The van der Waals surface area contributed by atoms with Crippen molar-refractivity contribution in [3.05, 3.63) is 47.5 Å². The third kappa shape index (κ3) is 3.50. The normalized spacial score (nSPS) is 11.1. The van der Waals surface area contributed by atoms with Gasteiger partial charge >= 0.3 is 0 Å². The number of primary sulfonamides is 1. The maximum absolute atomic E-state index is 11.8. The molecule has 0 saturated heterocycles. The first-order valence-electron chi connectivity index (χ1n) is 5.28. The predicted molar refractivity (Wildman–Crippen MR) is 72.8 cm³/mol. The van der Waals surface area contributed by atoms with Crippen molar-refractivity contribution in [2.24, 2.45) is 5.14 Å². The number of carbonyl (C=O) groups is 1. The number of amides is 1. The fourth-order valence-corrected chi connectivity index (χ4v) is 1.97. The van der Waals surface area contributed by atoms with Crippen LogP contribution in [0.15, 0.2) is 41.6 Å². The Labute approximate surface area is 119 Å². The van der Waals surface area contributed by atoms with Crippen LogP contribution >= 0.6 is 11.6 Å². The number of aromatic nitrogens is 2. The van der Waals surface area contributed by atoms with Crippen LogP contribution in [0.1, 0.15) is 10.5 Å². The average Bonchev–Trinajstić information content (AvgIpc) is 2.39. The minimum absolute atomic E-state index is 0.0400. The molecule has 1 heterocycles. The summed E-state index contributed by atoms with van der Waals surface area (Å²) in [5, 5.41) is 7.68. The summed E-state index contributed by atoms with van der Waals surface area (Å²) in [6, 6.07) is 5.42. The molecule has 1 aromatic carbocycles. The molecule has 0 aliphatic rings. The van der Waals surface area contributed by atoms with Crippen LogP contribution in [-0.2, 0) is 10.0 Å². The van der Waals surface area contributed by atoms with Gasteiger partial charge in [0.1, 0.15) is 10.8 Å². The van der Waals surface area contributed by atoms with Crippen molar-refractivity contribution >= 4 is 33.2 Å². The molecular weight excluding hydrogens is 304 g/mol. The summed E-state index contributed by atoms with van der Waals surface area (Å²) >= 11 is 5.56. The van der Waals surface area contributed by atoms with Crippen LogP contribution < -0.4 is 10.5 Å². The highest BCUT2D eigenvalue weighted by Gasteiger charge is 2.10. The summed E-state index contributed by atoms with van der Waals surface area (Å²) in [5.41, 5.74) is 0.490. The zero-order valence-corrected chi connectivity index (χ0v) is 11.5. The Morgan fingerprint density at radius 3 is 2.30 bits per heavy atom. The Bertz CT molecular complexity index is 729. The third-order valence-corrected chi connectivity index (χ3v) is 3.42. The Balaban J connectivity index is 2.14. The van der Waals surface area contributed by atoms with E-state index >= 15 is 0 Å². The smallest absolute Gasteiger partial charge is 0.275 e. The van der Waals surface area contributed by atoms with Gasteiger partial charge in [-0.2, -0.15) is 0 Å². The van der Waals surface area contributed by atoms with E-state index in [1.807, 2.05) is 0 Å². The monoisotopic (exact) mass is 312 g/mol. The van der Waals surface area contributed by atoms with Crippen molar-refractivity contribution in [2.75, 3.05) is 5.32 Å². The Morgan fingerprint density at radius 2 is 1.80 bits per heavy atom. The number of hydrogen-bond acceptors (Lipinski definition) is 5. The third-order valence-electron chi connectivity index (χ3n) is 2.29. The number of carbonyl (C=O) groups excluding carboxylic acids is 1. The molecule has 0 aliphatic carbocycles. The molecule has 1 amide bonds. The van der Waals surface area contributed by atoms with Gasteiger partial charge in [0.25, 0.3) is 5.91 Å². The number of nitrogens with one attached hydrogen (secondary N) is 1. The van der Waals surface area contributed by atoms with E-state index < -0.39 is 15.9 Å². The van der Waals surface area contributed by atoms with Gasteiger partial charge in [0.15, 0.2) is 0 Å². The minimum atomic E-state index is -3.75. The lowest BCUT2D eigenvalue weighted by Crippen LogP contribution is -2.15. The SMILES string of the molecule is NS(=O)(=O)c1ccc(NC(=O)c2cnc(Cl)cn2)cc1. The second kappa shape index (κ2) is 5.53. The van der Waals surface area contributed by atoms with Crippen molar-refractivity contribution in [3.8, 4) is 0 Å². The summed E-state index contributed by atoms with van der Waals surface area (Å²) < 4.78 is 22.2. The zero-order valence-electron chi connectivity index (χ0n) is 9.95. The van der Waals surface area contributed by atoms with E-state index in [9.17, 15) is 13.2 Å². The average molecular weight is 313 g/mol. The lowest BCUT2D eigenvalue weighted by Gasteiger charge is -2.05. The summed E-state index contributed by atoms with van der Waals surface area (Å²) in [6.45, 7) is 0. The van der Waals surface area contributed by atoms with Gasteiger partial charge in [-0.05, 0) is 24.3 Å². The first kappa shape index (κ1) is 14.4. The molecule has 1 aromatic heterocycles. The number of benzene rings is 1. The summed E-state index contributed by atoms with van der Waals surface area (Å²) in [7, 11) is -3.75. The van der Waals surface area contributed by atoms with E-state index in [4.69, 9.17) is 16.7 Å². The van der Waals surface area contributed by atoms with Gasteiger partial charge in [0.05, 0.1) is 17.3 Å². The Kier molecular flexibility index (Phi) is 3.98. The molecular formula is C11H9ClN4O3S. The van der Waals surface area contributed by atoms with Crippen molar-refractivity contribution in [1.29, 1.82) is 0 Å². The van der Waals surface area contributed by atoms with Gasteiger partial charge < -0.3 is 5.32 Å². The number of anilines is 1. The number of nitrogens with zero attached hydrogens (tertiary/aromatic N) is 2. The Hall–Kier alpha value is -2.03. The van der Waals surface area contributed by atoms with Crippen molar-refractivity contribution in [2.45, 2.75) is 4.90 Å². The van der Waals surface area contributed by atoms with Crippen LogP contribution in [0.3, 0.4) is 0 Å². The first-order chi connectivity index (χ1) is 9.36. The largest absolute Gasteiger partial charge is 0.321 e. The van der Waals surface area contributed by atoms with Gasteiger partial charge in [-0.25, -0.2) is 23.5 Å². The Morgan fingerprint density at radius 1 is 1.15 bits per heavy atom. The zero-order chi connectivity index (χ0) is 14.8. The number of hydrogen-bond donors (Lipinski definition) is 2. The maximum atomic E-state index is 11.8. The van der Waals surface area contributed by atoms with Gasteiger partial charge in [0.2, 0.25) is 10.0 Å². The molecule has 0 fully saturated rings. The van der Waals surface area contributed by atoms with Crippen LogP contribution in [0.25, 0.3) is 0 Å². The van der Waals surface area contributed by atoms with Crippen molar-refractivity contribution in [1.82, 2.24) is 9.97 Å². The highest BCUT2D eigenvalue weighted by atomic mass is 35.5. The highest BCUT2D eigenvalue weighted by molar-refractivity contribution is 7.89. The molecule has 0 atom stereocenters. The second-order valence-electron chi connectivity index (χ2n) is 3.75. The summed E-state index contributed by atoms with van der Waals surface area (Å²) in [4.78, 5) is 19.3. The van der Waals surface area contributed by atoms with E-state index in [1.54, 1.807) is 0 Å². The van der Waals surface area contributed by atoms with Crippen molar-refractivity contribution in [3.63, 3.8) is 0 Å². The quantitative estimate of drug-likeness (QED) is 0.878. The van der Waals surface area contributed by atoms with Crippen LogP contribution in [0.4, 0.5) is 5.69 Å². The summed E-state index contributed by atoms with van der Waals surface area (Å²) in [5.74, 6) is -0.488. The van der Waals surface area contributed by atoms with Gasteiger partial charge in [0, 0.05) is 5.69 Å². The number of halogens is 1. The van der Waals surface area contributed by atoms with Gasteiger partial charge in [-0.15, -0.1) is 0 Å². The molecule has 0 bridgehead atoms. The van der Waals surface area contributed by atoms with Gasteiger partial charge in [-0.1, -0.05) is 11.6 Å². The van der Waals surface area contributed by atoms with E-state index in [1.165, 1.54) is 36.7 Å². The maximum Gasteiger partial charge on any atom is 0.275 e. The summed E-state index contributed by atoms with van der Waals surface area (Å²) in [6.07, 6.45) is 2.48. The second-order valence-corrected chi connectivity index (χ2v) is 5.70. The number of sulfonamides is 1. The molecule has 20 heavy (non-hydrogen) atoms.